The predicted octanol–water partition coefficient (Wildman–Crippen LogP) is 3.17. The second kappa shape index (κ2) is 5.45. The van der Waals surface area contributed by atoms with Crippen molar-refractivity contribution < 1.29 is 0 Å². The molecule has 0 aliphatic heterocycles. The van der Waals surface area contributed by atoms with E-state index in [0.717, 1.165) is 24.9 Å². The second-order valence-electron chi connectivity index (χ2n) is 8.14. The van der Waals surface area contributed by atoms with Gasteiger partial charge in [0.15, 0.2) is 5.65 Å². The van der Waals surface area contributed by atoms with Gasteiger partial charge in [-0.05, 0) is 51.4 Å². The van der Waals surface area contributed by atoms with Gasteiger partial charge >= 0.3 is 0 Å². The van der Waals surface area contributed by atoms with Crippen LogP contribution in [0.4, 0.5) is 5.82 Å². The van der Waals surface area contributed by atoms with Crippen molar-refractivity contribution in [3.63, 3.8) is 0 Å². The molecule has 1 spiro atoms. The molecule has 5 nitrogen and oxygen atoms in total. The van der Waals surface area contributed by atoms with E-state index in [9.17, 15) is 0 Å². The van der Waals surface area contributed by atoms with E-state index in [1.807, 2.05) is 16.8 Å². The first-order valence-electron chi connectivity index (χ1n) is 9.64. The molecule has 2 aromatic rings. The fourth-order valence-corrected chi connectivity index (χ4v) is 5.37. The van der Waals surface area contributed by atoms with Gasteiger partial charge in [-0.2, -0.15) is 9.61 Å². The van der Waals surface area contributed by atoms with Crippen LogP contribution in [0.2, 0.25) is 0 Å². The highest BCUT2D eigenvalue weighted by molar-refractivity contribution is 5.59. The van der Waals surface area contributed by atoms with Crippen molar-refractivity contribution in [3.05, 3.63) is 23.5 Å². The topological polar surface area (TPSA) is 68.2 Å². The summed E-state index contributed by atoms with van der Waals surface area (Å²) in [5.74, 6) is 1.20. The summed E-state index contributed by atoms with van der Waals surface area (Å²) < 4.78 is 2.02. The fourth-order valence-electron chi connectivity index (χ4n) is 5.37. The Morgan fingerprint density at radius 3 is 2.88 bits per heavy atom. The molecule has 2 heterocycles. The lowest BCUT2D eigenvalue weighted by Crippen LogP contribution is -2.35. The molecular weight excluding hydrogens is 298 g/mol. The summed E-state index contributed by atoms with van der Waals surface area (Å²) in [7, 11) is 0. The molecule has 2 saturated carbocycles. The third kappa shape index (κ3) is 2.17. The summed E-state index contributed by atoms with van der Waals surface area (Å²) in [5, 5.41) is 8.38. The minimum atomic E-state index is 0.334. The molecule has 2 fully saturated rings. The number of aromatic nitrogens is 3. The molecule has 5 rings (SSSR count). The summed E-state index contributed by atoms with van der Waals surface area (Å²) >= 11 is 0. The second-order valence-corrected chi connectivity index (χ2v) is 8.14. The van der Waals surface area contributed by atoms with Crippen LogP contribution in [0.3, 0.4) is 0 Å². The van der Waals surface area contributed by atoms with Crippen LogP contribution in [0.25, 0.3) is 5.65 Å². The Morgan fingerprint density at radius 1 is 1.17 bits per heavy atom. The SMILES string of the molecule is N[C@H]1CCC[C@H](Nc2c3c(nc4ccnn24)C2(CCCC2)CC3)C1. The normalized spacial score (nSPS) is 28.5. The number of fused-ring (bicyclic) bond motifs is 3. The molecule has 0 radical (unpaired) electrons. The fraction of sp³-hybridized carbons (Fsp3) is 0.684. The van der Waals surface area contributed by atoms with Crippen LogP contribution in [0.1, 0.15) is 69.0 Å². The van der Waals surface area contributed by atoms with Crippen molar-refractivity contribution in [2.24, 2.45) is 5.73 Å². The molecule has 0 saturated heterocycles. The van der Waals surface area contributed by atoms with Crippen molar-refractivity contribution in [2.45, 2.75) is 81.7 Å². The lowest BCUT2D eigenvalue weighted by Gasteiger charge is -2.29. The standard InChI is InChI=1S/C19H27N5/c20-13-4-3-5-14(12-13)22-18-15-6-10-19(8-1-2-9-19)17(15)23-16-7-11-21-24(16)18/h7,11,13-14,22H,1-6,8-10,12,20H2/t13-,14-/m0/s1. The minimum Gasteiger partial charge on any atom is -0.367 e. The number of nitrogens with one attached hydrogen (secondary N) is 1. The minimum absolute atomic E-state index is 0.334. The van der Waals surface area contributed by atoms with Gasteiger partial charge in [0, 0.05) is 29.1 Å². The van der Waals surface area contributed by atoms with Crippen LogP contribution in [0.5, 0.6) is 0 Å². The molecular formula is C19H27N5. The van der Waals surface area contributed by atoms with E-state index >= 15 is 0 Å². The van der Waals surface area contributed by atoms with Gasteiger partial charge in [-0.3, -0.25) is 0 Å². The summed E-state index contributed by atoms with van der Waals surface area (Å²) in [4.78, 5) is 5.06. The van der Waals surface area contributed by atoms with Gasteiger partial charge in [-0.25, -0.2) is 4.98 Å². The highest BCUT2D eigenvalue weighted by Crippen LogP contribution is 2.51. The van der Waals surface area contributed by atoms with Crippen LogP contribution in [-0.2, 0) is 11.8 Å². The highest BCUT2D eigenvalue weighted by Gasteiger charge is 2.44. The molecule has 0 unspecified atom stereocenters. The van der Waals surface area contributed by atoms with E-state index < -0.39 is 0 Å². The maximum Gasteiger partial charge on any atom is 0.157 e. The van der Waals surface area contributed by atoms with Crippen molar-refractivity contribution in [3.8, 4) is 0 Å². The Kier molecular flexibility index (Phi) is 3.34. The first-order valence-corrected chi connectivity index (χ1v) is 9.64. The van der Waals surface area contributed by atoms with E-state index in [-0.39, 0.29) is 0 Å². The van der Waals surface area contributed by atoms with Crippen molar-refractivity contribution in [1.82, 2.24) is 14.6 Å². The van der Waals surface area contributed by atoms with Gasteiger partial charge in [-0.1, -0.05) is 12.8 Å². The molecule has 2 aromatic heterocycles. The van der Waals surface area contributed by atoms with Gasteiger partial charge in [0.1, 0.15) is 5.82 Å². The Balaban J connectivity index is 1.58. The average Bonchev–Trinajstić information content (AvgIpc) is 3.30. The van der Waals surface area contributed by atoms with Gasteiger partial charge < -0.3 is 11.1 Å². The third-order valence-electron chi connectivity index (χ3n) is 6.60. The van der Waals surface area contributed by atoms with Gasteiger partial charge in [0.05, 0.1) is 11.9 Å². The molecule has 24 heavy (non-hydrogen) atoms. The zero-order valence-corrected chi connectivity index (χ0v) is 14.3. The van der Waals surface area contributed by atoms with E-state index in [1.165, 1.54) is 62.0 Å². The lowest BCUT2D eigenvalue weighted by atomic mass is 9.83. The Labute approximate surface area is 143 Å². The summed E-state index contributed by atoms with van der Waals surface area (Å²) in [6, 6.07) is 2.84. The molecule has 3 aliphatic rings. The zero-order valence-electron chi connectivity index (χ0n) is 14.3. The lowest BCUT2D eigenvalue weighted by molar-refractivity contribution is 0.408. The smallest absolute Gasteiger partial charge is 0.157 e. The maximum atomic E-state index is 6.20. The van der Waals surface area contributed by atoms with Crippen LogP contribution < -0.4 is 11.1 Å². The Hall–Kier alpha value is -1.62. The van der Waals surface area contributed by atoms with Gasteiger partial charge in [-0.15, -0.1) is 0 Å². The van der Waals surface area contributed by atoms with Crippen LogP contribution in [0, 0.1) is 0 Å². The monoisotopic (exact) mass is 325 g/mol. The van der Waals surface area contributed by atoms with Crippen molar-refractivity contribution in [2.75, 3.05) is 5.32 Å². The number of hydrogen-bond acceptors (Lipinski definition) is 4. The first kappa shape index (κ1) is 14.7. The van der Waals surface area contributed by atoms with Crippen molar-refractivity contribution in [1.29, 1.82) is 0 Å². The molecule has 0 amide bonds. The largest absolute Gasteiger partial charge is 0.367 e. The average molecular weight is 325 g/mol. The number of rotatable bonds is 2. The molecule has 5 heteroatoms. The molecule has 3 aliphatic carbocycles. The number of hydrogen-bond donors (Lipinski definition) is 2. The van der Waals surface area contributed by atoms with E-state index in [0.29, 0.717) is 17.5 Å². The summed E-state index contributed by atoms with van der Waals surface area (Å²) in [5.41, 5.74) is 10.3. The van der Waals surface area contributed by atoms with E-state index in [4.69, 9.17) is 10.7 Å². The summed E-state index contributed by atoms with van der Waals surface area (Å²) in [6.45, 7) is 0. The molecule has 128 valence electrons. The van der Waals surface area contributed by atoms with E-state index in [2.05, 4.69) is 10.4 Å². The van der Waals surface area contributed by atoms with Crippen LogP contribution in [-0.4, -0.2) is 26.7 Å². The van der Waals surface area contributed by atoms with Crippen LogP contribution in [0.15, 0.2) is 12.3 Å². The molecule has 0 bridgehead atoms. The molecule has 3 N–H and O–H groups in total. The van der Waals surface area contributed by atoms with Crippen LogP contribution >= 0.6 is 0 Å². The quantitative estimate of drug-likeness (QED) is 0.890. The highest BCUT2D eigenvalue weighted by atomic mass is 15.3. The molecule has 2 atom stereocenters. The van der Waals surface area contributed by atoms with E-state index in [1.54, 1.807) is 0 Å². The molecule has 0 aromatic carbocycles. The first-order chi connectivity index (χ1) is 11.8. The number of anilines is 1. The number of nitrogens with two attached hydrogens (primary N) is 1. The number of nitrogens with zero attached hydrogens (tertiary/aromatic N) is 3. The Morgan fingerprint density at radius 2 is 2.04 bits per heavy atom. The third-order valence-corrected chi connectivity index (χ3v) is 6.60. The Bertz CT molecular complexity index is 758. The van der Waals surface area contributed by atoms with Crippen molar-refractivity contribution >= 4 is 11.5 Å². The zero-order chi connectivity index (χ0) is 16.1. The summed E-state index contributed by atoms with van der Waals surface area (Å²) in [6.07, 6.45) is 14.2. The maximum absolute atomic E-state index is 6.20. The van der Waals surface area contributed by atoms with Gasteiger partial charge in [0.2, 0.25) is 0 Å². The van der Waals surface area contributed by atoms with Gasteiger partial charge in [0.25, 0.3) is 0 Å². The predicted molar refractivity (Wildman–Crippen MR) is 95.3 cm³/mol.